The van der Waals surface area contributed by atoms with Crippen molar-refractivity contribution in [3.8, 4) is 11.6 Å². The van der Waals surface area contributed by atoms with Crippen LogP contribution in [-0.2, 0) is 55.9 Å². The molecular weight excluding hydrogens is 624 g/mol. The summed E-state index contributed by atoms with van der Waals surface area (Å²) in [4.78, 5) is 48.3. The van der Waals surface area contributed by atoms with Crippen LogP contribution in [0, 0.1) is 6.92 Å². The summed E-state index contributed by atoms with van der Waals surface area (Å²) >= 11 is 0. The molecule has 1 aliphatic rings. The molecule has 13 heteroatoms. The van der Waals surface area contributed by atoms with E-state index in [1.807, 2.05) is 75.4 Å². The second-order valence-corrected chi connectivity index (χ2v) is 11.7. The van der Waals surface area contributed by atoms with Gasteiger partial charge in [-0.3, -0.25) is 23.9 Å². The molecule has 0 N–H and O–H groups in total. The molecule has 0 aliphatic carbocycles. The number of esters is 4. The SMILES string of the molecule is CC(=O)OC[C@H]1O[C@@H](Oc2nn(C(C)C)c(C)c2Cc2ccc(OCc3ccccc3)cc2)[C@H](OC(C)=O)[C@@H](OC(C)=O)[C@@H]1OC(C)=O. The molecule has 0 bridgehead atoms. The van der Waals surface area contributed by atoms with Crippen molar-refractivity contribution >= 4 is 23.9 Å². The van der Waals surface area contributed by atoms with Crippen LogP contribution in [0.25, 0.3) is 0 Å². The van der Waals surface area contributed by atoms with Gasteiger partial charge in [0.2, 0.25) is 18.3 Å². The maximum absolute atomic E-state index is 12.3. The molecule has 5 atom stereocenters. The summed E-state index contributed by atoms with van der Waals surface area (Å²) in [5.74, 6) is -1.91. The van der Waals surface area contributed by atoms with Crippen molar-refractivity contribution in [3.05, 3.63) is 77.0 Å². The first-order chi connectivity index (χ1) is 22.8. The average Bonchev–Trinajstić information content (AvgIpc) is 3.33. The number of hydrogen-bond donors (Lipinski definition) is 0. The molecule has 2 heterocycles. The summed E-state index contributed by atoms with van der Waals surface area (Å²) < 4.78 is 42.0. The molecule has 0 amide bonds. The van der Waals surface area contributed by atoms with E-state index in [9.17, 15) is 19.2 Å². The van der Waals surface area contributed by atoms with Gasteiger partial charge in [0.1, 0.15) is 25.1 Å². The van der Waals surface area contributed by atoms with E-state index in [1.165, 1.54) is 13.8 Å². The smallest absolute Gasteiger partial charge is 0.303 e. The maximum atomic E-state index is 12.3. The lowest BCUT2D eigenvalue weighted by molar-refractivity contribution is -0.289. The highest BCUT2D eigenvalue weighted by molar-refractivity contribution is 5.68. The highest BCUT2D eigenvalue weighted by Gasteiger charge is 2.53. The number of carbonyl (C=O) groups excluding carboxylic acids is 4. The van der Waals surface area contributed by atoms with E-state index < -0.39 is 54.6 Å². The van der Waals surface area contributed by atoms with Gasteiger partial charge in [0.05, 0.1) is 0 Å². The molecule has 4 rings (SSSR count). The van der Waals surface area contributed by atoms with Gasteiger partial charge in [-0.15, -0.1) is 5.10 Å². The molecule has 2 aromatic carbocycles. The van der Waals surface area contributed by atoms with E-state index >= 15 is 0 Å². The standard InChI is InChI=1S/C35H42N2O11/c1-20(2)37-21(3)29(17-26-13-15-28(16-14-26)43-18-27-11-9-8-10-12-27)34(36-37)48-35-33(46-25(7)41)32(45-24(6)40)31(44-23(5)39)30(47-35)19-42-22(4)38/h8-16,20,30-33,35H,17-19H2,1-7H3/t30-,31-,32+,33-,35+/m1/s1. The minimum atomic E-state index is -1.41. The van der Waals surface area contributed by atoms with E-state index in [2.05, 4.69) is 0 Å². The number of aromatic nitrogens is 2. The fourth-order valence-electron chi connectivity index (χ4n) is 5.37. The average molecular weight is 667 g/mol. The first-order valence-corrected chi connectivity index (χ1v) is 15.6. The lowest BCUT2D eigenvalue weighted by Crippen LogP contribution is -2.63. The molecule has 13 nitrogen and oxygen atoms in total. The minimum Gasteiger partial charge on any atom is -0.489 e. The summed E-state index contributed by atoms with van der Waals surface area (Å²) in [5, 5.41) is 4.72. The van der Waals surface area contributed by atoms with Crippen molar-refractivity contribution in [1.29, 1.82) is 0 Å². The van der Waals surface area contributed by atoms with Crippen LogP contribution in [-0.4, -0.2) is 71.0 Å². The first kappa shape index (κ1) is 35.9. The van der Waals surface area contributed by atoms with Crippen LogP contribution in [0.5, 0.6) is 11.6 Å². The Hall–Kier alpha value is -4.91. The number of ether oxygens (including phenoxy) is 7. The Kier molecular flexibility index (Phi) is 12.2. The highest BCUT2D eigenvalue weighted by atomic mass is 16.7. The summed E-state index contributed by atoms with van der Waals surface area (Å²) in [6.45, 7) is 10.6. The molecule has 0 saturated carbocycles. The monoisotopic (exact) mass is 666 g/mol. The van der Waals surface area contributed by atoms with Crippen molar-refractivity contribution in [3.63, 3.8) is 0 Å². The van der Waals surface area contributed by atoms with E-state index in [0.29, 0.717) is 18.8 Å². The van der Waals surface area contributed by atoms with E-state index in [-0.39, 0.29) is 18.5 Å². The molecule has 1 fully saturated rings. The first-order valence-electron chi connectivity index (χ1n) is 15.6. The van der Waals surface area contributed by atoms with Crippen LogP contribution in [0.1, 0.15) is 70.0 Å². The topological polar surface area (TPSA) is 151 Å². The maximum Gasteiger partial charge on any atom is 0.303 e. The predicted molar refractivity (Wildman–Crippen MR) is 170 cm³/mol. The van der Waals surface area contributed by atoms with Gasteiger partial charge >= 0.3 is 23.9 Å². The van der Waals surface area contributed by atoms with Crippen molar-refractivity contribution in [2.45, 2.75) is 98.2 Å². The highest BCUT2D eigenvalue weighted by Crippen LogP contribution is 2.34. The lowest BCUT2D eigenvalue weighted by atomic mass is 9.98. The molecular formula is C35H42N2O11. The summed E-state index contributed by atoms with van der Waals surface area (Å²) in [5.41, 5.74) is 3.56. The Balaban J connectivity index is 1.66. The van der Waals surface area contributed by atoms with Crippen LogP contribution in [0.15, 0.2) is 54.6 Å². The Morgan fingerprint density at radius 1 is 0.792 bits per heavy atom. The number of nitrogens with zero attached hydrogens (tertiary/aromatic N) is 2. The lowest BCUT2D eigenvalue weighted by Gasteiger charge is -2.43. The second-order valence-electron chi connectivity index (χ2n) is 11.7. The quantitative estimate of drug-likeness (QED) is 0.188. The van der Waals surface area contributed by atoms with Gasteiger partial charge in [-0.25, -0.2) is 0 Å². The van der Waals surface area contributed by atoms with Crippen molar-refractivity contribution in [2.24, 2.45) is 0 Å². The molecule has 0 unspecified atom stereocenters. The van der Waals surface area contributed by atoms with Crippen LogP contribution < -0.4 is 9.47 Å². The largest absolute Gasteiger partial charge is 0.489 e. The van der Waals surface area contributed by atoms with Gasteiger partial charge in [-0.1, -0.05) is 42.5 Å². The summed E-state index contributed by atoms with van der Waals surface area (Å²) in [6.07, 6.45) is -6.20. The molecule has 0 spiro atoms. The Bertz CT molecular complexity index is 1570. The Morgan fingerprint density at radius 2 is 1.40 bits per heavy atom. The van der Waals surface area contributed by atoms with Gasteiger partial charge in [-0.2, -0.15) is 0 Å². The Labute approximate surface area is 279 Å². The number of hydrogen-bond acceptors (Lipinski definition) is 12. The zero-order valence-corrected chi connectivity index (χ0v) is 28.2. The minimum absolute atomic E-state index is 0.0368. The third kappa shape index (κ3) is 9.57. The number of rotatable bonds is 13. The van der Waals surface area contributed by atoms with Gasteiger partial charge in [0.25, 0.3) is 0 Å². The normalized spacial score (nSPS) is 20.5. The predicted octanol–water partition coefficient (Wildman–Crippen LogP) is 4.40. The van der Waals surface area contributed by atoms with Crippen LogP contribution >= 0.6 is 0 Å². The number of carbonyl (C=O) groups is 4. The van der Waals surface area contributed by atoms with Crippen LogP contribution in [0.3, 0.4) is 0 Å². The zero-order chi connectivity index (χ0) is 35.0. The van der Waals surface area contributed by atoms with Gasteiger partial charge in [-0.05, 0) is 44.0 Å². The fourth-order valence-corrected chi connectivity index (χ4v) is 5.37. The molecule has 48 heavy (non-hydrogen) atoms. The van der Waals surface area contributed by atoms with Crippen LogP contribution in [0.4, 0.5) is 0 Å². The van der Waals surface area contributed by atoms with Crippen molar-refractivity contribution in [2.75, 3.05) is 6.61 Å². The van der Waals surface area contributed by atoms with E-state index in [4.69, 9.17) is 38.3 Å². The van der Waals surface area contributed by atoms with Gasteiger partial charge in [0, 0.05) is 51.4 Å². The fraction of sp³-hybridized carbons (Fsp3) is 0.457. The second kappa shape index (κ2) is 16.3. The van der Waals surface area contributed by atoms with Crippen molar-refractivity contribution in [1.82, 2.24) is 9.78 Å². The molecule has 0 radical (unpaired) electrons. The third-order valence-corrected chi connectivity index (χ3v) is 7.45. The molecule has 1 saturated heterocycles. The van der Waals surface area contributed by atoms with Crippen molar-refractivity contribution < 1.29 is 52.3 Å². The third-order valence-electron chi connectivity index (χ3n) is 7.45. The number of benzene rings is 2. The van der Waals surface area contributed by atoms with Crippen LogP contribution in [0.2, 0.25) is 0 Å². The zero-order valence-electron chi connectivity index (χ0n) is 28.2. The van der Waals surface area contributed by atoms with E-state index in [0.717, 1.165) is 36.2 Å². The van der Waals surface area contributed by atoms with E-state index in [1.54, 1.807) is 4.68 Å². The Morgan fingerprint density at radius 3 is 1.98 bits per heavy atom. The summed E-state index contributed by atoms with van der Waals surface area (Å²) in [6, 6.07) is 17.5. The van der Waals surface area contributed by atoms with Gasteiger partial charge in [0.15, 0.2) is 12.2 Å². The van der Waals surface area contributed by atoms with Gasteiger partial charge < -0.3 is 33.2 Å². The molecule has 3 aromatic rings. The molecule has 1 aromatic heterocycles. The molecule has 258 valence electrons. The summed E-state index contributed by atoms with van der Waals surface area (Å²) in [7, 11) is 0. The molecule has 1 aliphatic heterocycles.